The van der Waals surface area contributed by atoms with Crippen molar-refractivity contribution in [2.24, 2.45) is 0 Å². The normalized spacial score (nSPS) is 25.3. The van der Waals surface area contributed by atoms with Crippen molar-refractivity contribution in [1.82, 2.24) is 0 Å². The minimum absolute atomic E-state index is 0.941. The quantitative estimate of drug-likeness (QED) is 0.321. The van der Waals surface area contributed by atoms with Crippen LogP contribution in [0.1, 0.15) is 110 Å². The maximum atomic E-state index is 7.41. The van der Waals surface area contributed by atoms with Gasteiger partial charge in [-0.3, -0.25) is 0 Å². The molecule has 0 spiro atoms. The first-order chi connectivity index (χ1) is 12.7. The molecule has 0 unspecified atom stereocenters. The average molecular weight is 396 g/mol. The fourth-order valence-corrected chi connectivity index (χ4v) is 14.4. The van der Waals surface area contributed by atoms with Crippen molar-refractivity contribution in [3.63, 3.8) is 0 Å². The van der Waals surface area contributed by atoms with Gasteiger partial charge in [-0.1, -0.05) is 30.9 Å². The molecule has 2 heteroatoms. The summed E-state index contributed by atoms with van der Waals surface area (Å²) in [4.78, 5) is 0. The molecule has 0 atom stereocenters. The first kappa shape index (κ1) is 20.9. The number of allylic oxidation sites excluding steroid dienone is 3. The summed E-state index contributed by atoms with van der Waals surface area (Å²) in [6.07, 6.45) is 26.6. The van der Waals surface area contributed by atoms with E-state index in [0.717, 1.165) is 17.0 Å². The predicted octanol–water partition coefficient (Wildman–Crippen LogP) is 9.05. The van der Waals surface area contributed by atoms with E-state index in [1.54, 1.807) is 0 Å². The second-order valence-electron chi connectivity index (χ2n) is 9.44. The maximum Gasteiger partial charge on any atom is 0.160 e. The lowest BCUT2D eigenvalue weighted by Gasteiger charge is -2.48. The van der Waals surface area contributed by atoms with Crippen LogP contribution in [0.5, 0.6) is 0 Å². The zero-order chi connectivity index (χ0) is 18.4. The molecule has 0 radical (unpaired) electrons. The van der Waals surface area contributed by atoms with E-state index >= 15 is 0 Å². The maximum absolute atomic E-state index is 7.41. The molecule has 0 aromatic rings. The van der Waals surface area contributed by atoms with E-state index in [1.807, 2.05) is 0 Å². The van der Waals surface area contributed by atoms with Gasteiger partial charge >= 0.3 is 0 Å². The van der Waals surface area contributed by atoms with Gasteiger partial charge in [0.1, 0.15) is 0 Å². The second kappa shape index (κ2) is 10.1. The molecule has 3 aliphatic carbocycles. The number of hydrogen-bond donors (Lipinski definition) is 0. The SMILES string of the molecule is CC(C)=C/C=C(/Cl)[P+](C1CCCCC1)(C1CCCCC1)C1CCCCC1. The molecular formula is C24H41ClP+. The van der Waals surface area contributed by atoms with Crippen LogP contribution in [0.4, 0.5) is 0 Å². The molecule has 0 amide bonds. The molecule has 0 N–H and O–H groups in total. The van der Waals surface area contributed by atoms with Gasteiger partial charge < -0.3 is 0 Å². The van der Waals surface area contributed by atoms with Crippen LogP contribution in [0, 0.1) is 0 Å². The topological polar surface area (TPSA) is 0 Å². The molecule has 0 saturated heterocycles. The summed E-state index contributed by atoms with van der Waals surface area (Å²) in [5.74, 6) is 0. The lowest BCUT2D eigenvalue weighted by Crippen LogP contribution is -2.36. The highest BCUT2D eigenvalue weighted by molar-refractivity contribution is 7.83. The van der Waals surface area contributed by atoms with E-state index in [1.165, 1.54) is 107 Å². The lowest BCUT2D eigenvalue weighted by molar-refractivity contribution is 0.454. The van der Waals surface area contributed by atoms with E-state index in [9.17, 15) is 0 Å². The Labute approximate surface area is 168 Å². The first-order valence-corrected chi connectivity index (χ1v) is 13.9. The Balaban J connectivity index is 2.04. The van der Waals surface area contributed by atoms with Gasteiger partial charge in [-0.05, 0) is 109 Å². The van der Waals surface area contributed by atoms with Crippen molar-refractivity contribution in [1.29, 1.82) is 0 Å². The monoisotopic (exact) mass is 395 g/mol. The molecule has 3 aliphatic rings. The minimum atomic E-state index is -1.29. The Morgan fingerprint density at radius 1 is 0.615 bits per heavy atom. The Morgan fingerprint density at radius 3 is 1.27 bits per heavy atom. The standard InChI is InChI=1S/C24H41ClP/c1-20(2)18-19-24(25)26(21-12-6-3-7-13-21,22-14-8-4-9-15-22)23-16-10-5-11-17-23/h18-19,21-23H,3-17H2,1-2H3/q+1/b24-19-. The minimum Gasteiger partial charge on any atom is -0.0763 e. The lowest BCUT2D eigenvalue weighted by atomic mass is 9.99. The summed E-state index contributed by atoms with van der Waals surface area (Å²) in [6.45, 7) is 4.42. The molecule has 26 heavy (non-hydrogen) atoms. The number of hydrogen-bond acceptors (Lipinski definition) is 0. The second-order valence-corrected chi connectivity index (χ2v) is 14.5. The highest BCUT2D eigenvalue weighted by Crippen LogP contribution is 2.82. The van der Waals surface area contributed by atoms with Crippen LogP contribution in [-0.2, 0) is 0 Å². The molecule has 0 aromatic carbocycles. The van der Waals surface area contributed by atoms with E-state index in [-0.39, 0.29) is 0 Å². The molecule has 0 heterocycles. The Hall–Kier alpha value is 0.200. The Bertz CT molecular complexity index is 439. The van der Waals surface area contributed by atoms with Gasteiger partial charge in [-0.15, -0.1) is 0 Å². The summed E-state index contributed by atoms with van der Waals surface area (Å²) < 4.78 is 1.35. The third-order valence-corrected chi connectivity index (χ3v) is 14.5. The average Bonchev–Trinajstić information content (AvgIpc) is 2.69. The fraction of sp³-hybridized carbons (Fsp3) is 0.833. The van der Waals surface area contributed by atoms with E-state index < -0.39 is 7.26 Å². The van der Waals surface area contributed by atoms with Crippen molar-refractivity contribution in [2.45, 2.75) is 127 Å². The highest BCUT2D eigenvalue weighted by atomic mass is 35.5. The van der Waals surface area contributed by atoms with E-state index in [2.05, 4.69) is 26.0 Å². The van der Waals surface area contributed by atoms with Crippen molar-refractivity contribution < 1.29 is 0 Å². The summed E-state index contributed by atoms with van der Waals surface area (Å²) >= 11 is 7.41. The first-order valence-electron chi connectivity index (χ1n) is 11.5. The van der Waals surface area contributed by atoms with Gasteiger partial charge in [-0.25, -0.2) is 0 Å². The largest absolute Gasteiger partial charge is 0.160 e. The van der Waals surface area contributed by atoms with Crippen LogP contribution in [0.25, 0.3) is 0 Å². The van der Waals surface area contributed by atoms with Gasteiger partial charge in [0.25, 0.3) is 0 Å². The van der Waals surface area contributed by atoms with Crippen molar-refractivity contribution in [3.05, 3.63) is 22.5 Å². The summed E-state index contributed by atoms with van der Waals surface area (Å²) in [6, 6.07) is 0. The fourth-order valence-electron chi connectivity index (χ4n) is 6.31. The van der Waals surface area contributed by atoms with Crippen molar-refractivity contribution in [2.75, 3.05) is 0 Å². The molecule has 0 bridgehead atoms. The van der Waals surface area contributed by atoms with Crippen LogP contribution in [-0.4, -0.2) is 17.0 Å². The molecule has 0 aliphatic heterocycles. The smallest absolute Gasteiger partial charge is 0.0763 e. The zero-order valence-electron chi connectivity index (χ0n) is 17.3. The van der Waals surface area contributed by atoms with Crippen molar-refractivity contribution >= 4 is 18.9 Å². The number of rotatable bonds is 5. The molecular weight excluding hydrogens is 355 g/mol. The highest BCUT2D eigenvalue weighted by Gasteiger charge is 2.59. The van der Waals surface area contributed by atoms with E-state index in [0.29, 0.717) is 0 Å². The van der Waals surface area contributed by atoms with Gasteiger partial charge in [0.15, 0.2) is 4.77 Å². The van der Waals surface area contributed by atoms with Gasteiger partial charge in [0, 0.05) is 0 Å². The number of halogens is 1. The molecule has 0 nitrogen and oxygen atoms in total. The van der Waals surface area contributed by atoms with Crippen LogP contribution in [0.15, 0.2) is 22.5 Å². The van der Waals surface area contributed by atoms with Crippen LogP contribution in [0.3, 0.4) is 0 Å². The zero-order valence-corrected chi connectivity index (χ0v) is 19.0. The molecule has 3 saturated carbocycles. The third-order valence-electron chi connectivity index (χ3n) is 7.46. The Morgan fingerprint density at radius 2 is 0.962 bits per heavy atom. The molecule has 3 fully saturated rings. The molecule has 148 valence electrons. The molecule has 3 rings (SSSR count). The predicted molar refractivity (Wildman–Crippen MR) is 121 cm³/mol. The summed E-state index contributed by atoms with van der Waals surface area (Å²) in [5.41, 5.74) is 4.21. The van der Waals surface area contributed by atoms with Crippen LogP contribution in [0.2, 0.25) is 0 Å². The van der Waals surface area contributed by atoms with Crippen LogP contribution >= 0.6 is 18.9 Å². The van der Waals surface area contributed by atoms with E-state index in [4.69, 9.17) is 11.6 Å². The van der Waals surface area contributed by atoms with Gasteiger partial charge in [0.2, 0.25) is 0 Å². The third kappa shape index (κ3) is 4.60. The molecule has 0 aromatic heterocycles. The van der Waals surface area contributed by atoms with Crippen LogP contribution < -0.4 is 0 Å². The van der Waals surface area contributed by atoms with Gasteiger partial charge in [0.05, 0.1) is 24.2 Å². The Kier molecular flexibility index (Phi) is 8.14. The van der Waals surface area contributed by atoms with Gasteiger partial charge in [-0.2, -0.15) is 0 Å². The summed E-state index contributed by atoms with van der Waals surface area (Å²) in [7, 11) is -1.29. The van der Waals surface area contributed by atoms with Crippen molar-refractivity contribution in [3.8, 4) is 0 Å². The summed E-state index contributed by atoms with van der Waals surface area (Å²) in [5, 5.41) is 0.